The number of nitrogen functional groups attached to an aromatic ring is 1. The number of aromatic nitrogens is 2. The molecule has 0 spiro atoms. The second-order valence-corrected chi connectivity index (χ2v) is 4.52. The third-order valence-electron chi connectivity index (χ3n) is 3.29. The third kappa shape index (κ3) is 2.35. The summed E-state index contributed by atoms with van der Waals surface area (Å²) in [5, 5.41) is 9.23. The van der Waals surface area contributed by atoms with Gasteiger partial charge in [-0.05, 0) is 6.92 Å². The smallest absolute Gasteiger partial charge is 0.351 e. The zero-order chi connectivity index (χ0) is 14.2. The quantitative estimate of drug-likeness (QED) is 0.601. The fraction of sp³-hybridized carbons (Fsp3) is 0.636. The molecule has 4 atom stereocenters. The zero-order valence-electron chi connectivity index (χ0n) is 10.8. The van der Waals surface area contributed by atoms with Gasteiger partial charge in [0.1, 0.15) is 18.0 Å². The predicted molar refractivity (Wildman–Crippen MR) is 67.4 cm³/mol. The molecule has 19 heavy (non-hydrogen) atoms. The van der Waals surface area contributed by atoms with Gasteiger partial charge >= 0.3 is 5.69 Å². The van der Waals surface area contributed by atoms with Gasteiger partial charge < -0.3 is 26.0 Å². The molecule has 5 N–H and O–H groups in total. The van der Waals surface area contributed by atoms with E-state index in [0.717, 1.165) is 0 Å². The van der Waals surface area contributed by atoms with E-state index in [9.17, 15) is 9.90 Å². The highest BCUT2D eigenvalue weighted by atomic mass is 16.6. The molecule has 0 saturated carbocycles. The van der Waals surface area contributed by atoms with Crippen LogP contribution in [0.3, 0.4) is 0 Å². The van der Waals surface area contributed by atoms with E-state index in [0.29, 0.717) is 5.56 Å². The number of hydrogen-bond acceptors (Lipinski definition) is 7. The van der Waals surface area contributed by atoms with Crippen LogP contribution in [0.1, 0.15) is 11.8 Å². The Morgan fingerprint density at radius 3 is 2.84 bits per heavy atom. The Bertz CT molecular complexity index is 518. The molecule has 2 heterocycles. The van der Waals surface area contributed by atoms with Crippen LogP contribution in [-0.2, 0) is 9.47 Å². The number of hydrogen-bond donors (Lipinski definition) is 3. The van der Waals surface area contributed by atoms with E-state index in [2.05, 4.69) is 4.98 Å². The molecular formula is C11H18N4O4. The van der Waals surface area contributed by atoms with E-state index in [4.69, 9.17) is 20.9 Å². The van der Waals surface area contributed by atoms with Crippen LogP contribution in [0.25, 0.3) is 0 Å². The number of anilines is 1. The third-order valence-corrected chi connectivity index (χ3v) is 3.29. The van der Waals surface area contributed by atoms with E-state index in [1.165, 1.54) is 11.7 Å². The lowest BCUT2D eigenvalue weighted by atomic mass is 10.1. The maximum Gasteiger partial charge on any atom is 0.351 e. The molecule has 0 amide bonds. The second-order valence-electron chi connectivity index (χ2n) is 4.52. The maximum absolute atomic E-state index is 11.8. The van der Waals surface area contributed by atoms with Crippen LogP contribution in [-0.4, -0.2) is 46.6 Å². The Morgan fingerprint density at radius 2 is 2.32 bits per heavy atom. The number of nitrogens with zero attached hydrogens (tertiary/aromatic N) is 2. The first-order valence-corrected chi connectivity index (χ1v) is 5.89. The summed E-state index contributed by atoms with van der Waals surface area (Å²) in [4.78, 5) is 15.5. The molecule has 1 saturated heterocycles. The Kier molecular flexibility index (Phi) is 3.85. The van der Waals surface area contributed by atoms with Crippen molar-refractivity contribution >= 4 is 5.82 Å². The van der Waals surface area contributed by atoms with Gasteiger partial charge in [0, 0.05) is 18.9 Å². The Hall–Kier alpha value is -1.48. The van der Waals surface area contributed by atoms with Crippen LogP contribution in [0.5, 0.6) is 0 Å². The monoisotopic (exact) mass is 270 g/mol. The normalized spacial score (nSPS) is 30.7. The molecule has 0 bridgehead atoms. The molecule has 1 fully saturated rings. The standard InChI is InChI=1S/C11H18N4O4/c1-5-3-15(11(17)14-9(5)13)10-7(12)8(18-2)6(4-16)19-10/h3,6-8,10,16H,4,12H2,1-2H3,(H2,13,14,17)/t6-,7?,8?,10-/m1/s1. The van der Waals surface area contributed by atoms with E-state index >= 15 is 0 Å². The fourth-order valence-electron chi connectivity index (χ4n) is 2.23. The number of methoxy groups -OCH3 is 1. The first-order chi connectivity index (χ1) is 8.99. The first-order valence-electron chi connectivity index (χ1n) is 5.89. The van der Waals surface area contributed by atoms with Gasteiger partial charge in [-0.1, -0.05) is 0 Å². The number of rotatable bonds is 3. The van der Waals surface area contributed by atoms with E-state index in [1.54, 1.807) is 13.1 Å². The number of aliphatic hydroxyl groups is 1. The molecule has 1 aromatic rings. The van der Waals surface area contributed by atoms with Crippen molar-refractivity contribution in [2.24, 2.45) is 5.73 Å². The molecule has 2 unspecified atom stereocenters. The minimum atomic E-state index is -0.735. The number of nitrogens with two attached hydrogens (primary N) is 2. The van der Waals surface area contributed by atoms with Gasteiger partial charge in [0.05, 0.1) is 12.6 Å². The molecule has 1 aliphatic rings. The minimum Gasteiger partial charge on any atom is -0.394 e. The van der Waals surface area contributed by atoms with Gasteiger partial charge in [0.15, 0.2) is 6.23 Å². The van der Waals surface area contributed by atoms with Crippen molar-refractivity contribution < 1.29 is 14.6 Å². The van der Waals surface area contributed by atoms with E-state index < -0.39 is 30.2 Å². The van der Waals surface area contributed by atoms with Crippen molar-refractivity contribution in [2.75, 3.05) is 19.5 Å². The number of aryl methyl sites for hydroxylation is 1. The van der Waals surface area contributed by atoms with E-state index in [1.807, 2.05) is 0 Å². The highest BCUT2D eigenvalue weighted by molar-refractivity contribution is 5.35. The second kappa shape index (κ2) is 5.25. The minimum absolute atomic E-state index is 0.176. The zero-order valence-corrected chi connectivity index (χ0v) is 10.8. The summed E-state index contributed by atoms with van der Waals surface area (Å²) in [6.07, 6.45) is -0.252. The lowest BCUT2D eigenvalue weighted by molar-refractivity contribution is -0.0536. The van der Waals surface area contributed by atoms with Crippen molar-refractivity contribution in [3.63, 3.8) is 0 Å². The highest BCUT2D eigenvalue weighted by Crippen LogP contribution is 2.28. The molecule has 8 heteroatoms. The van der Waals surface area contributed by atoms with Crippen LogP contribution in [0.15, 0.2) is 11.0 Å². The lowest BCUT2D eigenvalue weighted by Gasteiger charge is -2.19. The van der Waals surface area contributed by atoms with Gasteiger partial charge in [-0.15, -0.1) is 0 Å². The molecule has 8 nitrogen and oxygen atoms in total. The van der Waals surface area contributed by atoms with Crippen LogP contribution >= 0.6 is 0 Å². The van der Waals surface area contributed by atoms with Gasteiger partial charge in [0.25, 0.3) is 0 Å². The highest BCUT2D eigenvalue weighted by Gasteiger charge is 2.43. The van der Waals surface area contributed by atoms with Crippen LogP contribution in [0.4, 0.5) is 5.82 Å². The molecule has 2 rings (SSSR count). The van der Waals surface area contributed by atoms with Gasteiger partial charge in [-0.2, -0.15) is 4.98 Å². The molecule has 0 aliphatic carbocycles. The van der Waals surface area contributed by atoms with Crippen LogP contribution in [0.2, 0.25) is 0 Å². The summed E-state index contributed by atoms with van der Waals surface area (Å²) in [6, 6.07) is -0.579. The summed E-state index contributed by atoms with van der Waals surface area (Å²) < 4.78 is 12.0. The van der Waals surface area contributed by atoms with Gasteiger partial charge in [-0.25, -0.2) is 4.79 Å². The predicted octanol–water partition coefficient (Wildman–Crippen LogP) is -1.63. The summed E-state index contributed by atoms with van der Waals surface area (Å²) in [5.74, 6) is 0.176. The molecule has 0 radical (unpaired) electrons. The van der Waals surface area contributed by atoms with Crippen molar-refractivity contribution in [3.8, 4) is 0 Å². The first kappa shape index (κ1) is 13.9. The summed E-state index contributed by atoms with van der Waals surface area (Å²) in [5.41, 5.74) is 11.7. The van der Waals surface area contributed by atoms with Crippen LogP contribution < -0.4 is 17.2 Å². The molecule has 1 aromatic heterocycles. The molecular weight excluding hydrogens is 252 g/mol. The Balaban J connectivity index is 2.38. The number of ether oxygens (including phenoxy) is 2. The lowest BCUT2D eigenvalue weighted by Crippen LogP contribution is -2.43. The molecule has 0 aromatic carbocycles. The number of aliphatic hydroxyl groups excluding tert-OH is 1. The average Bonchev–Trinajstić information content (AvgIpc) is 2.70. The van der Waals surface area contributed by atoms with Gasteiger partial charge in [0.2, 0.25) is 0 Å². The van der Waals surface area contributed by atoms with Crippen LogP contribution in [0, 0.1) is 6.92 Å². The Labute approximate surface area is 109 Å². The Morgan fingerprint density at radius 1 is 1.63 bits per heavy atom. The van der Waals surface area contributed by atoms with Crippen molar-refractivity contribution in [1.82, 2.24) is 9.55 Å². The molecule has 1 aliphatic heterocycles. The topological polar surface area (TPSA) is 126 Å². The summed E-state index contributed by atoms with van der Waals surface area (Å²) in [7, 11) is 1.48. The average molecular weight is 270 g/mol. The largest absolute Gasteiger partial charge is 0.394 e. The maximum atomic E-state index is 11.8. The summed E-state index contributed by atoms with van der Waals surface area (Å²) >= 11 is 0. The molecule has 106 valence electrons. The van der Waals surface area contributed by atoms with Crippen molar-refractivity contribution in [3.05, 3.63) is 22.2 Å². The summed E-state index contributed by atoms with van der Waals surface area (Å²) in [6.45, 7) is 1.49. The van der Waals surface area contributed by atoms with Crippen molar-refractivity contribution in [2.45, 2.75) is 31.4 Å². The fourth-order valence-corrected chi connectivity index (χ4v) is 2.23. The van der Waals surface area contributed by atoms with E-state index in [-0.39, 0.29) is 12.4 Å². The van der Waals surface area contributed by atoms with Crippen molar-refractivity contribution in [1.29, 1.82) is 0 Å². The van der Waals surface area contributed by atoms with Gasteiger partial charge in [-0.3, -0.25) is 4.57 Å². The SMILES string of the molecule is COC1C(N)[C@H](n2cc(C)c(N)nc2=O)O[C@@H]1CO.